The van der Waals surface area contributed by atoms with E-state index < -0.39 is 5.97 Å². The summed E-state index contributed by atoms with van der Waals surface area (Å²) in [5.74, 6) is -0.660. The minimum atomic E-state index is -0.660. The molecule has 0 unspecified atom stereocenters. The van der Waals surface area contributed by atoms with E-state index in [9.17, 15) is 4.79 Å². The molecule has 0 heterocycles. The van der Waals surface area contributed by atoms with Gasteiger partial charge in [0.1, 0.15) is 6.07 Å². The Hall–Kier alpha value is -1.37. The first-order valence-electron chi connectivity index (χ1n) is 2.80. The van der Waals surface area contributed by atoms with Crippen LogP contribution in [0.25, 0.3) is 0 Å². The van der Waals surface area contributed by atoms with Crippen LogP contribution in [0, 0.1) is 11.3 Å². The van der Waals surface area contributed by atoms with Gasteiger partial charge in [-0.05, 0) is 6.92 Å². The van der Waals surface area contributed by atoms with E-state index in [2.05, 4.69) is 9.73 Å². The van der Waals surface area contributed by atoms with E-state index in [4.69, 9.17) is 5.26 Å². The van der Waals surface area contributed by atoms with E-state index in [1.807, 2.05) is 0 Å². The summed E-state index contributed by atoms with van der Waals surface area (Å²) in [6.45, 7) is 1.93. The summed E-state index contributed by atoms with van der Waals surface area (Å²) in [4.78, 5) is 14.0. The van der Waals surface area contributed by atoms with Crippen LogP contribution < -0.4 is 0 Å². The smallest absolute Gasteiger partial charge is 0.367 e. The molecule has 0 rings (SSSR count). The van der Waals surface area contributed by atoms with E-state index in [0.717, 1.165) is 0 Å². The fourth-order valence-corrected chi connectivity index (χ4v) is 0.386. The molecule has 4 nitrogen and oxygen atoms in total. The molecule has 0 aromatic rings. The highest BCUT2D eigenvalue weighted by Gasteiger charge is 2.08. The highest BCUT2D eigenvalue weighted by Crippen LogP contribution is 1.81. The maximum absolute atomic E-state index is 10.6. The molecule has 0 fully saturated rings. The molecule has 4 heteroatoms. The molecule has 0 aromatic heterocycles. The molecule has 0 saturated heterocycles. The number of ether oxygens (including phenoxy) is 1. The first-order chi connectivity index (χ1) is 4.76. The van der Waals surface area contributed by atoms with Crippen molar-refractivity contribution >= 4 is 11.7 Å². The maximum atomic E-state index is 10.6. The van der Waals surface area contributed by atoms with Crippen molar-refractivity contribution in [3.63, 3.8) is 0 Å². The monoisotopic (exact) mass is 140 g/mol. The molecule has 10 heavy (non-hydrogen) atoms. The van der Waals surface area contributed by atoms with Crippen molar-refractivity contribution in [3.8, 4) is 6.07 Å². The molecular formula is C6H8N2O2. The van der Waals surface area contributed by atoms with Gasteiger partial charge in [0.15, 0.2) is 0 Å². The predicted octanol–water partition coefficient (Wildman–Crippen LogP) is 0.144. The van der Waals surface area contributed by atoms with Crippen molar-refractivity contribution in [3.05, 3.63) is 0 Å². The third-order valence-corrected chi connectivity index (χ3v) is 0.798. The molecule has 0 bridgehead atoms. The molecular weight excluding hydrogens is 132 g/mol. The highest BCUT2D eigenvalue weighted by molar-refractivity contribution is 6.43. The summed E-state index contributed by atoms with van der Waals surface area (Å²) in [5.41, 5.74) is -0.193. The van der Waals surface area contributed by atoms with Crippen molar-refractivity contribution < 1.29 is 9.53 Å². The lowest BCUT2D eigenvalue weighted by Gasteiger charge is -1.95. The van der Waals surface area contributed by atoms with Crippen molar-refractivity contribution in [2.45, 2.75) is 6.92 Å². The average Bonchev–Trinajstić information content (AvgIpc) is 1.91. The minimum absolute atomic E-state index is 0.193. The number of nitrogens with zero attached hydrogens (tertiary/aromatic N) is 2. The SMILES string of the molecule is CCOC(=O)/C(C#N)=N/C. The number of nitriles is 1. The average molecular weight is 140 g/mol. The van der Waals surface area contributed by atoms with Crippen LogP contribution in [0.2, 0.25) is 0 Å². The van der Waals surface area contributed by atoms with Gasteiger partial charge in [-0.15, -0.1) is 0 Å². The first-order valence-corrected chi connectivity index (χ1v) is 2.80. The van der Waals surface area contributed by atoms with Crippen LogP contribution in [0.3, 0.4) is 0 Å². The largest absolute Gasteiger partial charge is 0.461 e. The third kappa shape index (κ3) is 2.27. The topological polar surface area (TPSA) is 62.5 Å². The zero-order valence-corrected chi connectivity index (χ0v) is 5.92. The van der Waals surface area contributed by atoms with Gasteiger partial charge in [-0.3, -0.25) is 4.99 Å². The number of aliphatic imine (C=N–C) groups is 1. The van der Waals surface area contributed by atoms with Gasteiger partial charge in [-0.2, -0.15) is 5.26 Å². The van der Waals surface area contributed by atoms with Gasteiger partial charge in [-0.1, -0.05) is 0 Å². The minimum Gasteiger partial charge on any atom is -0.461 e. The molecule has 0 aliphatic heterocycles. The number of esters is 1. The number of rotatable bonds is 2. The zero-order valence-electron chi connectivity index (χ0n) is 5.92. The summed E-state index contributed by atoms with van der Waals surface area (Å²) >= 11 is 0. The summed E-state index contributed by atoms with van der Waals surface area (Å²) in [6, 6.07) is 1.61. The van der Waals surface area contributed by atoms with Gasteiger partial charge in [-0.25, -0.2) is 4.79 Å². The molecule has 0 saturated carbocycles. The van der Waals surface area contributed by atoms with Crippen LogP contribution in [-0.4, -0.2) is 25.3 Å². The Balaban J connectivity index is 4.08. The van der Waals surface area contributed by atoms with E-state index in [1.54, 1.807) is 13.0 Å². The van der Waals surface area contributed by atoms with Crippen LogP contribution in [0.15, 0.2) is 4.99 Å². The first kappa shape index (κ1) is 8.63. The normalized spacial score (nSPS) is 10.3. The van der Waals surface area contributed by atoms with Crippen molar-refractivity contribution in [1.29, 1.82) is 5.26 Å². The summed E-state index contributed by atoms with van der Waals surface area (Å²) in [5, 5.41) is 8.24. The molecule has 0 aliphatic rings. The molecule has 54 valence electrons. The van der Waals surface area contributed by atoms with Gasteiger partial charge in [0.2, 0.25) is 5.71 Å². The molecule has 0 aliphatic carbocycles. The van der Waals surface area contributed by atoms with E-state index in [-0.39, 0.29) is 12.3 Å². The number of hydrogen-bond acceptors (Lipinski definition) is 4. The number of carbonyl (C=O) groups is 1. The van der Waals surface area contributed by atoms with Crippen LogP contribution in [0.5, 0.6) is 0 Å². The second-order valence-electron chi connectivity index (χ2n) is 1.40. The third-order valence-electron chi connectivity index (χ3n) is 0.798. The second kappa shape index (κ2) is 4.50. The fourth-order valence-electron chi connectivity index (χ4n) is 0.386. The second-order valence-corrected chi connectivity index (χ2v) is 1.40. The number of hydrogen-bond donors (Lipinski definition) is 0. The van der Waals surface area contributed by atoms with Crippen molar-refractivity contribution in [2.75, 3.05) is 13.7 Å². The lowest BCUT2D eigenvalue weighted by molar-refractivity contribution is -0.134. The zero-order chi connectivity index (χ0) is 7.98. The molecule has 0 amide bonds. The lowest BCUT2D eigenvalue weighted by Crippen LogP contribution is -2.15. The Bertz CT molecular complexity index is 190. The van der Waals surface area contributed by atoms with Gasteiger partial charge in [0.05, 0.1) is 6.61 Å². The number of carbonyl (C=O) groups excluding carboxylic acids is 1. The Morgan fingerprint density at radius 3 is 2.70 bits per heavy atom. The summed E-state index contributed by atoms with van der Waals surface area (Å²) < 4.78 is 4.49. The Kier molecular flexibility index (Phi) is 3.89. The van der Waals surface area contributed by atoms with Crippen LogP contribution in [0.4, 0.5) is 0 Å². The van der Waals surface area contributed by atoms with Gasteiger partial charge < -0.3 is 4.74 Å². The Labute approximate surface area is 59.1 Å². The van der Waals surface area contributed by atoms with Crippen LogP contribution >= 0.6 is 0 Å². The Morgan fingerprint density at radius 1 is 1.80 bits per heavy atom. The summed E-state index contributed by atoms with van der Waals surface area (Å²) in [7, 11) is 1.37. The maximum Gasteiger partial charge on any atom is 0.367 e. The van der Waals surface area contributed by atoms with E-state index in [1.165, 1.54) is 7.05 Å². The van der Waals surface area contributed by atoms with Gasteiger partial charge in [0, 0.05) is 7.05 Å². The molecule has 0 spiro atoms. The Morgan fingerprint density at radius 2 is 2.40 bits per heavy atom. The molecule has 0 atom stereocenters. The van der Waals surface area contributed by atoms with Gasteiger partial charge in [0.25, 0.3) is 0 Å². The molecule has 0 N–H and O–H groups in total. The van der Waals surface area contributed by atoms with Crippen molar-refractivity contribution in [1.82, 2.24) is 0 Å². The van der Waals surface area contributed by atoms with E-state index in [0.29, 0.717) is 0 Å². The highest BCUT2D eigenvalue weighted by atomic mass is 16.5. The predicted molar refractivity (Wildman–Crippen MR) is 35.6 cm³/mol. The van der Waals surface area contributed by atoms with Gasteiger partial charge >= 0.3 is 5.97 Å². The quantitative estimate of drug-likeness (QED) is 0.405. The van der Waals surface area contributed by atoms with E-state index >= 15 is 0 Å². The molecule has 0 radical (unpaired) electrons. The summed E-state index contributed by atoms with van der Waals surface area (Å²) in [6.07, 6.45) is 0. The van der Waals surface area contributed by atoms with Crippen molar-refractivity contribution in [2.24, 2.45) is 4.99 Å². The molecule has 0 aromatic carbocycles. The fraction of sp³-hybridized carbons (Fsp3) is 0.500. The van der Waals surface area contributed by atoms with Crippen LogP contribution in [0.1, 0.15) is 6.92 Å². The van der Waals surface area contributed by atoms with Crippen LogP contribution in [-0.2, 0) is 9.53 Å². The lowest BCUT2D eigenvalue weighted by atomic mass is 10.4. The standard InChI is InChI=1S/C6H8N2O2/c1-3-10-6(9)5(4-7)8-2/h3H2,1-2H3/b8-5+.